The molecule has 0 saturated heterocycles. The zero-order valence-corrected chi connectivity index (χ0v) is 16.6. The monoisotopic (exact) mass is 407 g/mol. The average Bonchev–Trinajstić information content (AvgIpc) is 3.26. The van der Waals surface area contributed by atoms with Crippen molar-refractivity contribution in [3.63, 3.8) is 0 Å². The van der Waals surface area contributed by atoms with Gasteiger partial charge >= 0.3 is 0 Å². The first kappa shape index (κ1) is 18.9. The number of para-hydroxylation sites is 1. The quantitative estimate of drug-likeness (QED) is 0.298. The fraction of sp³-hybridized carbons (Fsp3) is 0.150. The number of methoxy groups -OCH3 is 1. The summed E-state index contributed by atoms with van der Waals surface area (Å²) in [5, 5.41) is 7.52. The summed E-state index contributed by atoms with van der Waals surface area (Å²) < 4.78 is 6.83. The standard InChI is InChI=1S/C20H17N5O3S/c1-12(26)13-7-8-17(28-2)14(9-13)10-29-20-23-16-6-4-3-5-15(16)18(27)25(20)19-21-11-22-24-19/h3-9,11H,10H2,1-2H3,(H,21,22,24). The number of H-pyrrole nitrogens is 1. The van der Waals surface area contributed by atoms with Crippen molar-refractivity contribution < 1.29 is 9.53 Å². The van der Waals surface area contributed by atoms with E-state index in [2.05, 4.69) is 20.2 Å². The predicted octanol–water partition coefficient (Wildman–Crippen LogP) is 3.01. The van der Waals surface area contributed by atoms with Gasteiger partial charge in [0.15, 0.2) is 10.9 Å². The number of aromatic nitrogens is 5. The van der Waals surface area contributed by atoms with Crippen LogP contribution in [0.5, 0.6) is 5.75 Å². The van der Waals surface area contributed by atoms with E-state index >= 15 is 0 Å². The van der Waals surface area contributed by atoms with Crippen LogP contribution in [0.2, 0.25) is 0 Å². The molecule has 0 amide bonds. The first-order valence-electron chi connectivity index (χ1n) is 8.76. The molecule has 8 nitrogen and oxygen atoms in total. The highest BCUT2D eigenvalue weighted by molar-refractivity contribution is 7.98. The van der Waals surface area contributed by atoms with E-state index < -0.39 is 0 Å². The van der Waals surface area contributed by atoms with Crippen molar-refractivity contribution in [3.8, 4) is 11.7 Å². The van der Waals surface area contributed by atoms with Crippen molar-refractivity contribution in [2.45, 2.75) is 17.8 Å². The van der Waals surface area contributed by atoms with Crippen LogP contribution in [-0.2, 0) is 5.75 Å². The lowest BCUT2D eigenvalue weighted by atomic mass is 10.1. The summed E-state index contributed by atoms with van der Waals surface area (Å²) in [6, 6.07) is 12.4. The molecule has 0 unspecified atom stereocenters. The molecule has 0 spiro atoms. The van der Waals surface area contributed by atoms with E-state index in [9.17, 15) is 9.59 Å². The molecule has 0 bridgehead atoms. The Labute approximate surface area is 170 Å². The molecule has 0 aliphatic carbocycles. The van der Waals surface area contributed by atoms with E-state index in [0.29, 0.717) is 39.1 Å². The van der Waals surface area contributed by atoms with E-state index in [-0.39, 0.29) is 11.3 Å². The van der Waals surface area contributed by atoms with E-state index in [4.69, 9.17) is 4.74 Å². The minimum absolute atomic E-state index is 0.0266. The number of Topliss-reactive ketones (excluding diaryl/α,β-unsaturated/α-hetero) is 1. The fourth-order valence-electron chi connectivity index (χ4n) is 2.96. The van der Waals surface area contributed by atoms with Crippen molar-refractivity contribution in [3.05, 3.63) is 70.3 Å². The molecular formula is C20H17N5O3S. The molecule has 4 aromatic rings. The molecule has 9 heteroatoms. The number of ketones is 1. The molecule has 0 radical (unpaired) electrons. The lowest BCUT2D eigenvalue weighted by Gasteiger charge is -2.12. The summed E-state index contributed by atoms with van der Waals surface area (Å²) in [7, 11) is 1.58. The van der Waals surface area contributed by atoms with Crippen molar-refractivity contribution in [2.75, 3.05) is 7.11 Å². The Kier molecular flexibility index (Phi) is 5.13. The molecule has 29 heavy (non-hydrogen) atoms. The summed E-state index contributed by atoms with van der Waals surface area (Å²) in [6.07, 6.45) is 1.34. The topological polar surface area (TPSA) is 103 Å². The summed E-state index contributed by atoms with van der Waals surface area (Å²) in [5.74, 6) is 1.38. The van der Waals surface area contributed by atoms with Gasteiger partial charge in [-0.15, -0.1) is 0 Å². The third kappa shape index (κ3) is 3.64. The van der Waals surface area contributed by atoms with Crippen LogP contribution < -0.4 is 10.3 Å². The Bertz CT molecular complexity index is 1250. The van der Waals surface area contributed by atoms with Gasteiger partial charge in [-0.1, -0.05) is 23.9 Å². The van der Waals surface area contributed by atoms with Gasteiger partial charge in [-0.2, -0.15) is 10.1 Å². The number of hydrogen-bond acceptors (Lipinski definition) is 7. The molecule has 0 saturated carbocycles. The van der Waals surface area contributed by atoms with E-state index in [1.807, 2.05) is 6.07 Å². The number of benzene rings is 2. The maximum Gasteiger partial charge on any atom is 0.269 e. The Morgan fingerprint density at radius 2 is 2.07 bits per heavy atom. The van der Waals surface area contributed by atoms with Crippen molar-refractivity contribution >= 4 is 28.4 Å². The molecule has 4 rings (SSSR count). The Morgan fingerprint density at radius 1 is 1.24 bits per heavy atom. The van der Waals surface area contributed by atoms with Crippen LogP contribution in [0.4, 0.5) is 0 Å². The number of fused-ring (bicyclic) bond motifs is 1. The van der Waals surface area contributed by atoms with Crippen LogP contribution in [0, 0.1) is 0 Å². The Balaban J connectivity index is 1.79. The number of nitrogens with zero attached hydrogens (tertiary/aromatic N) is 4. The van der Waals surface area contributed by atoms with Gasteiger partial charge in [-0.05, 0) is 37.3 Å². The number of ether oxygens (including phenoxy) is 1. The molecular weight excluding hydrogens is 390 g/mol. The van der Waals surface area contributed by atoms with Gasteiger partial charge in [-0.3, -0.25) is 9.59 Å². The number of hydrogen-bond donors (Lipinski definition) is 1. The zero-order chi connectivity index (χ0) is 20.4. The molecule has 2 aromatic carbocycles. The Morgan fingerprint density at radius 3 is 2.79 bits per heavy atom. The number of rotatable bonds is 6. The normalized spacial score (nSPS) is 11.0. The molecule has 0 aliphatic heterocycles. The zero-order valence-electron chi connectivity index (χ0n) is 15.7. The van der Waals surface area contributed by atoms with Gasteiger partial charge < -0.3 is 4.74 Å². The van der Waals surface area contributed by atoms with Gasteiger partial charge in [-0.25, -0.2) is 14.6 Å². The summed E-state index contributed by atoms with van der Waals surface area (Å²) in [5.41, 5.74) is 1.79. The summed E-state index contributed by atoms with van der Waals surface area (Å²) in [6.45, 7) is 1.52. The van der Waals surface area contributed by atoms with Crippen LogP contribution in [-0.4, -0.2) is 37.6 Å². The lowest BCUT2D eigenvalue weighted by molar-refractivity contribution is 0.101. The van der Waals surface area contributed by atoms with Crippen molar-refractivity contribution in [1.29, 1.82) is 0 Å². The first-order valence-corrected chi connectivity index (χ1v) is 9.75. The highest BCUT2D eigenvalue weighted by Gasteiger charge is 2.16. The summed E-state index contributed by atoms with van der Waals surface area (Å²) in [4.78, 5) is 33.6. The third-order valence-electron chi connectivity index (χ3n) is 4.40. The molecule has 0 atom stereocenters. The predicted molar refractivity (Wildman–Crippen MR) is 110 cm³/mol. The molecule has 146 valence electrons. The number of carbonyl (C=O) groups excluding carboxylic acids is 1. The second kappa shape index (κ2) is 7.88. The maximum absolute atomic E-state index is 13.1. The molecule has 0 aliphatic rings. The van der Waals surface area contributed by atoms with Crippen molar-refractivity contribution in [1.82, 2.24) is 24.7 Å². The summed E-state index contributed by atoms with van der Waals surface area (Å²) >= 11 is 1.35. The van der Waals surface area contributed by atoms with Crippen molar-refractivity contribution in [2.24, 2.45) is 0 Å². The van der Waals surface area contributed by atoms with Crippen LogP contribution in [0.15, 0.2) is 58.7 Å². The number of thioether (sulfide) groups is 1. The molecule has 2 aromatic heterocycles. The van der Waals surface area contributed by atoms with Gasteiger partial charge in [0.25, 0.3) is 5.56 Å². The largest absolute Gasteiger partial charge is 0.496 e. The number of nitrogens with one attached hydrogen (secondary N) is 1. The minimum Gasteiger partial charge on any atom is -0.496 e. The average molecular weight is 407 g/mol. The van der Waals surface area contributed by atoms with Gasteiger partial charge in [0.1, 0.15) is 12.1 Å². The van der Waals surface area contributed by atoms with Crippen LogP contribution in [0.3, 0.4) is 0 Å². The van der Waals surface area contributed by atoms with E-state index in [1.54, 1.807) is 43.5 Å². The second-order valence-electron chi connectivity index (χ2n) is 6.23. The third-order valence-corrected chi connectivity index (χ3v) is 5.39. The molecule has 1 N–H and O–H groups in total. The second-order valence-corrected chi connectivity index (χ2v) is 7.18. The lowest BCUT2D eigenvalue weighted by Crippen LogP contribution is -2.22. The minimum atomic E-state index is -0.237. The number of aromatic amines is 1. The molecule has 0 fully saturated rings. The highest BCUT2D eigenvalue weighted by atomic mass is 32.2. The van der Waals surface area contributed by atoms with E-state index in [1.165, 1.54) is 29.6 Å². The first-order chi connectivity index (χ1) is 14.1. The van der Waals surface area contributed by atoms with Gasteiger partial charge in [0.2, 0.25) is 5.95 Å². The van der Waals surface area contributed by atoms with Crippen LogP contribution >= 0.6 is 11.8 Å². The molecule has 2 heterocycles. The fourth-order valence-corrected chi connectivity index (χ4v) is 3.93. The highest BCUT2D eigenvalue weighted by Crippen LogP contribution is 2.29. The smallest absolute Gasteiger partial charge is 0.269 e. The van der Waals surface area contributed by atoms with Crippen LogP contribution in [0.1, 0.15) is 22.8 Å². The van der Waals surface area contributed by atoms with E-state index in [0.717, 1.165) is 5.56 Å². The van der Waals surface area contributed by atoms with Crippen LogP contribution in [0.25, 0.3) is 16.9 Å². The van der Waals surface area contributed by atoms with Gasteiger partial charge in [0, 0.05) is 16.9 Å². The maximum atomic E-state index is 13.1. The Hall–Kier alpha value is -3.46. The van der Waals surface area contributed by atoms with Gasteiger partial charge in [0.05, 0.1) is 18.0 Å². The number of carbonyl (C=O) groups is 1. The SMILES string of the molecule is COc1ccc(C(C)=O)cc1CSc1nc2ccccc2c(=O)n1-c1ncn[nH]1.